The van der Waals surface area contributed by atoms with Gasteiger partial charge in [-0.05, 0) is 24.3 Å². The maximum atomic E-state index is 13.9. The van der Waals surface area contributed by atoms with Crippen LogP contribution in [0.25, 0.3) is 0 Å². The Bertz CT molecular complexity index is 758. The zero-order chi connectivity index (χ0) is 19.5. The molecule has 1 unspecified atom stereocenters. The largest absolute Gasteiger partial charge is 0.451 e. The molecule has 0 aliphatic rings. The lowest BCUT2D eigenvalue weighted by Crippen LogP contribution is -2.23. The Labute approximate surface area is 143 Å². The van der Waals surface area contributed by atoms with Gasteiger partial charge >= 0.3 is 6.18 Å². The fraction of sp³-hybridized carbons (Fsp3) is 0.250. The molecule has 0 saturated heterocycles. The molecule has 4 nitrogen and oxygen atoms in total. The van der Waals surface area contributed by atoms with Gasteiger partial charge in [-0.25, -0.2) is 13.2 Å². The van der Waals surface area contributed by atoms with E-state index in [0.29, 0.717) is 0 Å². The van der Waals surface area contributed by atoms with Gasteiger partial charge in [0.2, 0.25) is 0 Å². The van der Waals surface area contributed by atoms with E-state index in [0.717, 1.165) is 18.2 Å². The first-order chi connectivity index (χ1) is 12.1. The Morgan fingerprint density at radius 2 is 1.62 bits per heavy atom. The quantitative estimate of drug-likeness (QED) is 0.668. The highest BCUT2D eigenvalue weighted by molar-refractivity contribution is 5.49. The second-order valence-corrected chi connectivity index (χ2v) is 5.23. The van der Waals surface area contributed by atoms with Crippen molar-refractivity contribution in [2.75, 3.05) is 18.5 Å². The minimum atomic E-state index is -4.93. The van der Waals surface area contributed by atoms with Gasteiger partial charge in [0, 0.05) is 12.6 Å². The third-order valence-corrected chi connectivity index (χ3v) is 3.22. The summed E-state index contributed by atoms with van der Waals surface area (Å²) in [5, 5.41) is 20.3. The van der Waals surface area contributed by atoms with Crippen molar-refractivity contribution in [1.29, 1.82) is 0 Å². The van der Waals surface area contributed by atoms with Gasteiger partial charge in [-0.2, -0.15) is 13.2 Å². The molecule has 0 saturated carbocycles. The summed E-state index contributed by atoms with van der Waals surface area (Å²) in [6, 6.07) is 3.15. The van der Waals surface area contributed by atoms with Gasteiger partial charge in [0.15, 0.2) is 17.4 Å². The molecule has 3 N–H and O–H groups in total. The summed E-state index contributed by atoms with van der Waals surface area (Å²) in [6.07, 6.45) is -6.06. The average molecular weight is 381 g/mol. The van der Waals surface area contributed by atoms with Crippen LogP contribution in [0, 0.1) is 17.5 Å². The van der Waals surface area contributed by atoms with Gasteiger partial charge in [-0.1, -0.05) is 0 Å². The summed E-state index contributed by atoms with van der Waals surface area (Å²) in [7, 11) is 0. The molecular weight excluding hydrogens is 368 g/mol. The van der Waals surface area contributed by atoms with Crippen LogP contribution >= 0.6 is 0 Å². The van der Waals surface area contributed by atoms with Crippen LogP contribution in [-0.4, -0.2) is 29.5 Å². The molecule has 0 aromatic heterocycles. The Balaban J connectivity index is 2.20. The Morgan fingerprint density at radius 1 is 1.00 bits per heavy atom. The molecule has 142 valence electrons. The van der Waals surface area contributed by atoms with Crippen molar-refractivity contribution < 1.29 is 41.3 Å². The minimum absolute atomic E-state index is 0.0704. The number of ether oxygens (including phenoxy) is 1. The van der Waals surface area contributed by atoms with Crippen molar-refractivity contribution in [2.24, 2.45) is 0 Å². The van der Waals surface area contributed by atoms with Crippen LogP contribution in [-0.2, 0) is 6.18 Å². The SMILES string of the molecule is OCC(O)CNc1ccc(Oc2c(F)cc(C(F)(F)F)cc2F)cc1F. The van der Waals surface area contributed by atoms with Gasteiger partial charge < -0.3 is 20.3 Å². The number of alkyl halides is 3. The van der Waals surface area contributed by atoms with Crippen LogP contribution in [0.3, 0.4) is 0 Å². The Kier molecular flexibility index (Phi) is 5.98. The van der Waals surface area contributed by atoms with E-state index in [-0.39, 0.29) is 30.1 Å². The molecule has 0 aliphatic heterocycles. The summed E-state index contributed by atoms with van der Waals surface area (Å²) in [5.41, 5.74) is -1.61. The molecule has 0 amide bonds. The molecule has 1 atom stereocenters. The van der Waals surface area contributed by atoms with E-state index >= 15 is 0 Å². The predicted molar refractivity (Wildman–Crippen MR) is 79.4 cm³/mol. The third-order valence-electron chi connectivity index (χ3n) is 3.22. The number of hydrogen-bond acceptors (Lipinski definition) is 4. The molecule has 2 rings (SSSR count). The van der Waals surface area contributed by atoms with Gasteiger partial charge in [-0.15, -0.1) is 0 Å². The highest BCUT2D eigenvalue weighted by atomic mass is 19.4. The molecule has 0 heterocycles. The number of aliphatic hydroxyl groups is 2. The number of anilines is 1. The van der Waals surface area contributed by atoms with Crippen molar-refractivity contribution in [1.82, 2.24) is 0 Å². The van der Waals surface area contributed by atoms with Crippen LogP contribution < -0.4 is 10.1 Å². The van der Waals surface area contributed by atoms with Crippen molar-refractivity contribution in [2.45, 2.75) is 12.3 Å². The van der Waals surface area contributed by atoms with Crippen molar-refractivity contribution in [3.8, 4) is 11.5 Å². The van der Waals surface area contributed by atoms with Crippen LogP contribution in [0.15, 0.2) is 30.3 Å². The highest BCUT2D eigenvalue weighted by Crippen LogP contribution is 2.36. The summed E-state index contributed by atoms with van der Waals surface area (Å²) < 4.78 is 83.7. The predicted octanol–water partition coefficient (Wildman–Crippen LogP) is 3.68. The lowest BCUT2D eigenvalue weighted by Gasteiger charge is -2.14. The molecule has 0 aliphatic carbocycles. The summed E-state index contributed by atoms with van der Waals surface area (Å²) in [5.74, 6) is -5.54. The number of benzene rings is 2. The summed E-state index contributed by atoms with van der Waals surface area (Å²) in [6.45, 7) is -0.696. The average Bonchev–Trinajstić information content (AvgIpc) is 2.56. The Hall–Kier alpha value is -2.46. The third kappa shape index (κ3) is 4.79. The number of aliphatic hydroxyl groups excluding tert-OH is 2. The molecular formula is C16H13F6NO3. The minimum Gasteiger partial charge on any atom is -0.451 e. The van der Waals surface area contributed by atoms with E-state index in [2.05, 4.69) is 5.32 Å². The summed E-state index contributed by atoms with van der Waals surface area (Å²) >= 11 is 0. The number of hydrogen-bond donors (Lipinski definition) is 3. The maximum absolute atomic E-state index is 13.9. The molecule has 26 heavy (non-hydrogen) atoms. The lowest BCUT2D eigenvalue weighted by atomic mass is 10.2. The molecule has 0 spiro atoms. The van der Waals surface area contributed by atoms with E-state index in [1.54, 1.807) is 0 Å². The van der Waals surface area contributed by atoms with Gasteiger partial charge in [0.25, 0.3) is 0 Å². The lowest BCUT2D eigenvalue weighted by molar-refractivity contribution is -0.138. The van der Waals surface area contributed by atoms with E-state index < -0.39 is 47.7 Å². The normalized spacial score (nSPS) is 12.8. The van der Waals surface area contributed by atoms with Crippen LogP contribution in [0.4, 0.5) is 32.0 Å². The van der Waals surface area contributed by atoms with E-state index in [4.69, 9.17) is 9.84 Å². The fourth-order valence-electron chi connectivity index (χ4n) is 1.93. The van der Waals surface area contributed by atoms with Gasteiger partial charge in [-0.3, -0.25) is 0 Å². The monoisotopic (exact) mass is 381 g/mol. The van der Waals surface area contributed by atoms with Gasteiger partial charge in [0.1, 0.15) is 11.6 Å². The maximum Gasteiger partial charge on any atom is 0.416 e. The topological polar surface area (TPSA) is 61.7 Å². The van der Waals surface area contributed by atoms with Crippen LogP contribution in [0.1, 0.15) is 5.56 Å². The summed E-state index contributed by atoms with van der Waals surface area (Å²) in [4.78, 5) is 0. The Morgan fingerprint density at radius 3 is 2.12 bits per heavy atom. The van der Waals surface area contributed by atoms with E-state index in [1.807, 2.05) is 0 Å². The second-order valence-electron chi connectivity index (χ2n) is 5.23. The first-order valence-corrected chi connectivity index (χ1v) is 7.18. The van der Waals surface area contributed by atoms with Crippen LogP contribution in [0.5, 0.6) is 11.5 Å². The zero-order valence-corrected chi connectivity index (χ0v) is 12.9. The van der Waals surface area contributed by atoms with Gasteiger partial charge in [0.05, 0.1) is 24.0 Å². The zero-order valence-electron chi connectivity index (χ0n) is 12.9. The number of nitrogens with one attached hydrogen (secondary N) is 1. The van der Waals surface area contributed by atoms with Crippen molar-refractivity contribution in [3.63, 3.8) is 0 Å². The highest BCUT2D eigenvalue weighted by Gasteiger charge is 2.33. The fourth-order valence-corrected chi connectivity index (χ4v) is 1.93. The van der Waals surface area contributed by atoms with Crippen molar-refractivity contribution in [3.05, 3.63) is 53.3 Å². The number of halogens is 6. The molecule has 2 aromatic rings. The first kappa shape index (κ1) is 19.9. The number of rotatable bonds is 6. The second kappa shape index (κ2) is 7.83. The van der Waals surface area contributed by atoms with E-state index in [1.165, 1.54) is 0 Å². The first-order valence-electron chi connectivity index (χ1n) is 7.18. The van der Waals surface area contributed by atoms with E-state index in [9.17, 15) is 31.4 Å². The molecule has 0 fully saturated rings. The molecule has 10 heteroatoms. The van der Waals surface area contributed by atoms with Crippen LogP contribution in [0.2, 0.25) is 0 Å². The molecule has 0 radical (unpaired) electrons. The van der Waals surface area contributed by atoms with Crippen molar-refractivity contribution >= 4 is 5.69 Å². The standard InChI is InChI=1S/C16H13F6NO3/c17-11-5-10(1-2-14(11)23-6-9(25)7-24)26-15-12(18)3-8(4-13(15)19)16(20,21)22/h1-5,9,23-25H,6-7H2. The smallest absolute Gasteiger partial charge is 0.416 e. The molecule has 0 bridgehead atoms. The molecule has 2 aromatic carbocycles.